The molecule has 1 heterocycles. The van der Waals surface area contributed by atoms with Gasteiger partial charge in [-0.2, -0.15) is 0 Å². The van der Waals surface area contributed by atoms with Crippen molar-refractivity contribution in [1.82, 2.24) is 5.32 Å². The Morgan fingerprint density at radius 1 is 1.00 bits per heavy atom. The minimum Gasteiger partial charge on any atom is -0.312 e. The third kappa shape index (κ3) is 2.77. The van der Waals surface area contributed by atoms with E-state index in [4.69, 9.17) is 0 Å². The smallest absolute Gasteiger partial charge is 0.0260 e. The molecule has 0 bridgehead atoms. The lowest BCUT2D eigenvalue weighted by Crippen LogP contribution is -2.23. The van der Waals surface area contributed by atoms with Crippen molar-refractivity contribution in [1.29, 1.82) is 0 Å². The van der Waals surface area contributed by atoms with E-state index in [-0.39, 0.29) is 0 Å². The van der Waals surface area contributed by atoms with Gasteiger partial charge < -0.3 is 5.32 Å². The molecule has 0 aliphatic carbocycles. The minimum atomic E-state index is 0.686. The first-order valence-electron chi connectivity index (χ1n) is 6.41. The van der Waals surface area contributed by atoms with Crippen LogP contribution in [0.15, 0.2) is 59.5 Å². The van der Waals surface area contributed by atoms with Gasteiger partial charge in [-0.05, 0) is 23.6 Å². The molecule has 0 saturated heterocycles. The molecular weight excluding hydrogens is 238 g/mol. The second-order valence-electron chi connectivity index (χ2n) is 4.67. The van der Waals surface area contributed by atoms with Crippen LogP contribution < -0.4 is 5.32 Å². The first kappa shape index (κ1) is 11.8. The molecule has 1 nitrogen and oxygen atoms in total. The van der Waals surface area contributed by atoms with Gasteiger partial charge in [-0.1, -0.05) is 48.5 Å². The lowest BCUT2D eigenvalue weighted by Gasteiger charge is -2.10. The number of thioether (sulfide) groups is 1. The van der Waals surface area contributed by atoms with E-state index < -0.39 is 0 Å². The van der Waals surface area contributed by atoms with Crippen LogP contribution in [0.4, 0.5) is 0 Å². The van der Waals surface area contributed by atoms with Gasteiger partial charge in [-0.25, -0.2) is 0 Å². The van der Waals surface area contributed by atoms with E-state index >= 15 is 0 Å². The molecule has 1 aliphatic rings. The van der Waals surface area contributed by atoms with Gasteiger partial charge in [0, 0.05) is 23.2 Å². The third-order valence-corrected chi connectivity index (χ3v) is 4.58. The van der Waals surface area contributed by atoms with E-state index in [1.165, 1.54) is 22.4 Å². The highest BCUT2D eigenvalue weighted by Crippen LogP contribution is 2.36. The number of benzene rings is 2. The Bertz CT molecular complexity index is 485. The molecule has 18 heavy (non-hydrogen) atoms. The summed E-state index contributed by atoms with van der Waals surface area (Å²) in [6.45, 7) is 2.04. The second-order valence-corrected chi connectivity index (χ2v) is 6.01. The lowest BCUT2D eigenvalue weighted by atomic mass is 10.1. The Balaban J connectivity index is 1.49. The van der Waals surface area contributed by atoms with Crippen LogP contribution in [0.1, 0.15) is 11.1 Å². The summed E-state index contributed by atoms with van der Waals surface area (Å²) in [6.07, 6.45) is 1.20. The number of rotatable bonds is 4. The number of hydrogen-bond donors (Lipinski definition) is 1. The molecule has 1 atom stereocenters. The van der Waals surface area contributed by atoms with E-state index in [0.717, 1.165) is 13.1 Å². The molecule has 1 N–H and O–H groups in total. The van der Waals surface area contributed by atoms with Crippen molar-refractivity contribution < 1.29 is 0 Å². The Morgan fingerprint density at radius 3 is 2.61 bits per heavy atom. The summed E-state index contributed by atoms with van der Waals surface area (Å²) in [7, 11) is 0. The van der Waals surface area contributed by atoms with Crippen molar-refractivity contribution in [3.05, 3.63) is 65.7 Å². The highest BCUT2D eigenvalue weighted by molar-refractivity contribution is 8.00. The molecule has 0 amide bonds. The van der Waals surface area contributed by atoms with Crippen LogP contribution in [0.5, 0.6) is 0 Å². The third-order valence-electron chi connectivity index (χ3n) is 3.26. The lowest BCUT2D eigenvalue weighted by molar-refractivity contribution is 0.665. The predicted octanol–water partition coefficient (Wildman–Crippen LogP) is 3.49. The van der Waals surface area contributed by atoms with Crippen LogP contribution in [0.3, 0.4) is 0 Å². The van der Waals surface area contributed by atoms with Gasteiger partial charge in [-0.3, -0.25) is 0 Å². The van der Waals surface area contributed by atoms with E-state index in [2.05, 4.69) is 59.9 Å². The van der Waals surface area contributed by atoms with Gasteiger partial charge in [0.15, 0.2) is 0 Å². The van der Waals surface area contributed by atoms with Crippen LogP contribution in [0.2, 0.25) is 0 Å². The molecule has 2 aromatic rings. The van der Waals surface area contributed by atoms with Crippen molar-refractivity contribution in [2.24, 2.45) is 0 Å². The SMILES string of the molecule is c1ccc(CNCC2Cc3ccccc3S2)cc1. The van der Waals surface area contributed by atoms with Crippen LogP contribution in [0.25, 0.3) is 0 Å². The van der Waals surface area contributed by atoms with Gasteiger partial charge in [-0.15, -0.1) is 11.8 Å². The molecule has 1 unspecified atom stereocenters. The monoisotopic (exact) mass is 255 g/mol. The largest absolute Gasteiger partial charge is 0.312 e. The highest BCUT2D eigenvalue weighted by atomic mass is 32.2. The van der Waals surface area contributed by atoms with E-state index in [1.54, 1.807) is 0 Å². The van der Waals surface area contributed by atoms with Gasteiger partial charge in [0.05, 0.1) is 0 Å². The molecule has 0 fully saturated rings. The zero-order valence-corrected chi connectivity index (χ0v) is 11.1. The average Bonchev–Trinajstić information content (AvgIpc) is 2.82. The molecular formula is C16H17NS. The van der Waals surface area contributed by atoms with Crippen molar-refractivity contribution in [2.45, 2.75) is 23.1 Å². The molecule has 92 valence electrons. The molecule has 0 radical (unpaired) electrons. The Morgan fingerprint density at radius 2 is 1.78 bits per heavy atom. The number of fused-ring (bicyclic) bond motifs is 1. The molecule has 1 aliphatic heterocycles. The minimum absolute atomic E-state index is 0.686. The number of hydrogen-bond acceptors (Lipinski definition) is 2. The topological polar surface area (TPSA) is 12.0 Å². The maximum Gasteiger partial charge on any atom is 0.0260 e. The first-order valence-corrected chi connectivity index (χ1v) is 7.29. The molecule has 2 heteroatoms. The summed E-state index contributed by atoms with van der Waals surface area (Å²) in [5.41, 5.74) is 2.87. The Labute approximate surface area is 113 Å². The maximum absolute atomic E-state index is 3.56. The fraction of sp³-hybridized carbons (Fsp3) is 0.250. The molecule has 2 aromatic carbocycles. The molecule has 0 aromatic heterocycles. The van der Waals surface area contributed by atoms with Gasteiger partial charge >= 0.3 is 0 Å². The van der Waals surface area contributed by atoms with Crippen LogP contribution in [-0.2, 0) is 13.0 Å². The van der Waals surface area contributed by atoms with Crippen LogP contribution >= 0.6 is 11.8 Å². The summed E-state index contributed by atoms with van der Waals surface area (Å²) >= 11 is 2.01. The van der Waals surface area contributed by atoms with Gasteiger partial charge in [0.25, 0.3) is 0 Å². The predicted molar refractivity (Wildman–Crippen MR) is 77.9 cm³/mol. The van der Waals surface area contributed by atoms with Crippen molar-refractivity contribution >= 4 is 11.8 Å². The highest BCUT2D eigenvalue weighted by Gasteiger charge is 2.20. The summed E-state index contributed by atoms with van der Waals surface area (Å²) in [4.78, 5) is 1.46. The molecule has 0 spiro atoms. The van der Waals surface area contributed by atoms with Crippen molar-refractivity contribution in [3.63, 3.8) is 0 Å². The Kier molecular flexibility index (Phi) is 3.67. The fourth-order valence-electron chi connectivity index (χ4n) is 2.34. The van der Waals surface area contributed by atoms with Crippen LogP contribution in [-0.4, -0.2) is 11.8 Å². The first-order chi connectivity index (χ1) is 8.92. The normalized spacial score (nSPS) is 17.7. The van der Waals surface area contributed by atoms with Crippen molar-refractivity contribution in [2.75, 3.05) is 6.54 Å². The summed E-state index contributed by atoms with van der Waals surface area (Å²) in [5.74, 6) is 0. The summed E-state index contributed by atoms with van der Waals surface area (Å²) < 4.78 is 0. The van der Waals surface area contributed by atoms with Crippen LogP contribution in [0, 0.1) is 0 Å². The number of nitrogens with one attached hydrogen (secondary N) is 1. The molecule has 0 saturated carbocycles. The average molecular weight is 255 g/mol. The molecule has 3 rings (SSSR count). The Hall–Kier alpha value is -1.25. The second kappa shape index (κ2) is 5.59. The summed E-state index contributed by atoms with van der Waals surface area (Å²) in [5, 5.41) is 4.24. The zero-order chi connectivity index (χ0) is 12.2. The summed E-state index contributed by atoms with van der Waals surface area (Å²) in [6, 6.07) is 19.3. The standard InChI is InChI=1S/C16H17NS/c1-2-6-13(7-3-1)11-17-12-15-10-14-8-4-5-9-16(14)18-15/h1-9,15,17H,10-12H2. The van der Waals surface area contributed by atoms with Gasteiger partial charge in [0.2, 0.25) is 0 Å². The van der Waals surface area contributed by atoms with E-state index in [1.807, 2.05) is 11.8 Å². The van der Waals surface area contributed by atoms with E-state index in [9.17, 15) is 0 Å². The fourth-order valence-corrected chi connectivity index (χ4v) is 3.62. The maximum atomic E-state index is 3.56. The van der Waals surface area contributed by atoms with Crippen molar-refractivity contribution in [3.8, 4) is 0 Å². The van der Waals surface area contributed by atoms with E-state index in [0.29, 0.717) is 5.25 Å². The van der Waals surface area contributed by atoms with Gasteiger partial charge in [0.1, 0.15) is 0 Å². The quantitative estimate of drug-likeness (QED) is 0.897. The zero-order valence-electron chi connectivity index (χ0n) is 10.3.